The van der Waals surface area contributed by atoms with Crippen LogP contribution in [0.5, 0.6) is 0 Å². The van der Waals surface area contributed by atoms with Crippen LogP contribution in [0.2, 0.25) is 0 Å². The van der Waals surface area contributed by atoms with E-state index in [4.69, 9.17) is 4.98 Å². The fourth-order valence-corrected chi connectivity index (χ4v) is 5.66. The number of nitrogens with zero attached hydrogens (tertiary/aromatic N) is 5. The molecule has 8 nitrogen and oxygen atoms in total. The van der Waals surface area contributed by atoms with Crippen LogP contribution in [0.1, 0.15) is 35.4 Å². The molecule has 0 atom stereocenters. The van der Waals surface area contributed by atoms with Gasteiger partial charge in [-0.1, -0.05) is 30.5 Å². The van der Waals surface area contributed by atoms with E-state index in [-0.39, 0.29) is 5.91 Å². The lowest BCUT2D eigenvalue weighted by Crippen LogP contribution is -2.29. The minimum Gasteiger partial charge on any atom is -0.323 e. The number of rotatable bonds is 7. The fourth-order valence-electron chi connectivity index (χ4n) is 4.72. The van der Waals surface area contributed by atoms with Gasteiger partial charge < -0.3 is 15.5 Å². The van der Waals surface area contributed by atoms with E-state index >= 15 is 0 Å². The summed E-state index contributed by atoms with van der Waals surface area (Å²) in [5, 5.41) is 15.9. The molecular weight excluding hydrogens is 482 g/mol. The van der Waals surface area contributed by atoms with Gasteiger partial charge in [0.15, 0.2) is 0 Å². The van der Waals surface area contributed by atoms with Crippen LogP contribution in [0, 0.1) is 13.8 Å². The molecule has 0 bridgehead atoms. The second kappa shape index (κ2) is 10.7. The molecule has 1 aliphatic rings. The molecule has 2 aromatic heterocycles. The minimum atomic E-state index is -0.249. The number of aromatic nitrogens is 4. The average Bonchev–Trinajstić information content (AvgIpc) is 3.36. The summed E-state index contributed by atoms with van der Waals surface area (Å²) >= 11 is 1.49. The normalized spacial score (nSPS) is 14.6. The highest BCUT2D eigenvalue weighted by molar-refractivity contribution is 7.99. The van der Waals surface area contributed by atoms with E-state index in [9.17, 15) is 4.79 Å². The first-order valence-corrected chi connectivity index (χ1v) is 13.2. The molecule has 1 amide bonds. The van der Waals surface area contributed by atoms with Crippen molar-refractivity contribution >= 4 is 40.5 Å². The van der Waals surface area contributed by atoms with E-state index < -0.39 is 0 Å². The molecule has 1 fully saturated rings. The third kappa shape index (κ3) is 5.68. The molecule has 37 heavy (non-hydrogen) atoms. The largest absolute Gasteiger partial charge is 0.323 e. The predicted molar refractivity (Wildman–Crippen MR) is 149 cm³/mol. The van der Waals surface area contributed by atoms with Gasteiger partial charge in [0.1, 0.15) is 10.5 Å². The Balaban J connectivity index is 1.41. The number of aryl methyl sites for hydroxylation is 2. The monoisotopic (exact) mass is 513 g/mol. The molecule has 5 rings (SSSR count). The Bertz CT molecular complexity index is 1460. The number of amides is 1. The number of benzene rings is 2. The first kappa shape index (κ1) is 25.0. The van der Waals surface area contributed by atoms with Crippen LogP contribution in [0.25, 0.3) is 5.52 Å². The summed E-state index contributed by atoms with van der Waals surface area (Å²) in [5.41, 5.74) is 6.40. The van der Waals surface area contributed by atoms with Crippen molar-refractivity contribution in [2.24, 2.45) is 0 Å². The van der Waals surface area contributed by atoms with Crippen LogP contribution in [0.3, 0.4) is 0 Å². The van der Waals surface area contributed by atoms with Gasteiger partial charge in [-0.25, -0.2) is 4.98 Å². The molecule has 190 valence electrons. The van der Waals surface area contributed by atoms with Gasteiger partial charge in [-0.2, -0.15) is 5.10 Å². The Hall–Kier alpha value is -3.69. The molecule has 0 saturated carbocycles. The highest BCUT2D eigenvalue weighted by Crippen LogP contribution is 2.35. The standard InChI is InChI=1S/C28H31N7OS/c1-5-26(36)30-21-7-6-8-22(17-21)37-27-25-9-12-29-35(25)33-28(32-27)31-24-16-18(2)23(15-19(24)3)20-10-13-34(4)14-11-20/h5-9,12,15-17,20H,1,10-11,13-14H2,2-4H3,(H,30,36)(H,31,33). The second-order valence-electron chi connectivity index (χ2n) is 9.50. The molecule has 3 heterocycles. The Morgan fingerprint density at radius 2 is 1.95 bits per heavy atom. The summed E-state index contributed by atoms with van der Waals surface area (Å²) in [5.74, 6) is 0.835. The summed E-state index contributed by atoms with van der Waals surface area (Å²) in [6, 6.07) is 14.0. The van der Waals surface area contributed by atoms with Gasteiger partial charge in [0.05, 0.1) is 6.20 Å². The van der Waals surface area contributed by atoms with Crippen LogP contribution < -0.4 is 10.6 Å². The number of carbonyl (C=O) groups excluding carboxylic acids is 1. The number of fused-ring (bicyclic) bond motifs is 1. The maximum atomic E-state index is 11.7. The zero-order valence-corrected chi connectivity index (χ0v) is 22.2. The van der Waals surface area contributed by atoms with E-state index in [0.717, 1.165) is 34.2 Å². The van der Waals surface area contributed by atoms with Crippen molar-refractivity contribution < 1.29 is 4.79 Å². The van der Waals surface area contributed by atoms with Crippen molar-refractivity contribution in [1.29, 1.82) is 0 Å². The van der Waals surface area contributed by atoms with Crippen molar-refractivity contribution in [2.75, 3.05) is 30.8 Å². The van der Waals surface area contributed by atoms with E-state index in [2.05, 4.69) is 65.3 Å². The van der Waals surface area contributed by atoms with Crippen molar-refractivity contribution in [3.05, 3.63) is 78.0 Å². The maximum Gasteiger partial charge on any atom is 0.248 e. The van der Waals surface area contributed by atoms with Crippen LogP contribution >= 0.6 is 11.8 Å². The number of carbonyl (C=O) groups is 1. The Morgan fingerprint density at radius 1 is 1.14 bits per heavy atom. The molecule has 0 aliphatic carbocycles. The minimum absolute atomic E-state index is 0.249. The first-order chi connectivity index (χ1) is 17.9. The third-order valence-electron chi connectivity index (χ3n) is 6.76. The summed E-state index contributed by atoms with van der Waals surface area (Å²) in [6.45, 7) is 10.1. The summed E-state index contributed by atoms with van der Waals surface area (Å²) in [4.78, 5) is 19.9. The molecule has 1 saturated heterocycles. The molecule has 0 radical (unpaired) electrons. The Morgan fingerprint density at radius 3 is 2.73 bits per heavy atom. The van der Waals surface area contributed by atoms with Gasteiger partial charge in [-0.3, -0.25) is 4.79 Å². The van der Waals surface area contributed by atoms with E-state index in [0.29, 0.717) is 17.6 Å². The first-order valence-electron chi connectivity index (χ1n) is 12.4. The smallest absolute Gasteiger partial charge is 0.248 e. The lowest BCUT2D eigenvalue weighted by Gasteiger charge is -2.30. The van der Waals surface area contributed by atoms with E-state index in [1.165, 1.54) is 47.4 Å². The summed E-state index contributed by atoms with van der Waals surface area (Å²) < 4.78 is 1.59. The Labute approximate surface area is 221 Å². The van der Waals surface area contributed by atoms with E-state index in [1.54, 1.807) is 10.8 Å². The highest BCUT2D eigenvalue weighted by Gasteiger charge is 2.21. The van der Waals surface area contributed by atoms with Gasteiger partial charge in [0, 0.05) is 16.3 Å². The topological polar surface area (TPSA) is 87.5 Å². The van der Waals surface area contributed by atoms with Crippen LogP contribution in [-0.4, -0.2) is 50.8 Å². The van der Waals surface area contributed by atoms with Gasteiger partial charge in [0.2, 0.25) is 11.9 Å². The molecule has 2 N–H and O–H groups in total. The second-order valence-corrected chi connectivity index (χ2v) is 10.6. The quantitative estimate of drug-likeness (QED) is 0.312. The van der Waals surface area contributed by atoms with Crippen LogP contribution in [0.15, 0.2) is 71.2 Å². The Kier molecular flexibility index (Phi) is 7.25. The van der Waals surface area contributed by atoms with Crippen LogP contribution in [-0.2, 0) is 4.79 Å². The fraction of sp³-hybridized carbons (Fsp3) is 0.286. The zero-order chi connectivity index (χ0) is 25.9. The lowest BCUT2D eigenvalue weighted by atomic mass is 9.86. The molecule has 9 heteroatoms. The van der Waals surface area contributed by atoms with Crippen molar-refractivity contribution in [1.82, 2.24) is 24.7 Å². The highest BCUT2D eigenvalue weighted by atomic mass is 32.2. The van der Waals surface area contributed by atoms with Crippen molar-refractivity contribution in [3.63, 3.8) is 0 Å². The zero-order valence-electron chi connectivity index (χ0n) is 21.4. The third-order valence-corrected chi connectivity index (χ3v) is 7.74. The van der Waals surface area contributed by atoms with Gasteiger partial charge in [-0.15, -0.1) is 9.73 Å². The average molecular weight is 514 g/mol. The summed E-state index contributed by atoms with van der Waals surface area (Å²) in [6.07, 6.45) is 5.36. The molecule has 0 spiro atoms. The summed E-state index contributed by atoms with van der Waals surface area (Å²) in [7, 11) is 2.20. The van der Waals surface area contributed by atoms with Gasteiger partial charge >= 0.3 is 0 Å². The van der Waals surface area contributed by atoms with Crippen LogP contribution in [0.4, 0.5) is 17.3 Å². The molecule has 2 aromatic carbocycles. The number of hydrogen-bond donors (Lipinski definition) is 2. The molecule has 1 aliphatic heterocycles. The van der Waals surface area contributed by atoms with E-state index in [1.807, 2.05) is 30.3 Å². The molecular formula is C28H31N7OS. The van der Waals surface area contributed by atoms with Gasteiger partial charge in [-0.05, 0) is 106 Å². The number of piperidine rings is 1. The molecule has 4 aromatic rings. The van der Waals surface area contributed by atoms with Crippen molar-refractivity contribution in [2.45, 2.75) is 42.5 Å². The SMILES string of the molecule is C=CC(=O)Nc1cccc(Sc2nc(Nc3cc(C)c(C4CCN(C)CC4)cc3C)nn3nccc23)c1. The number of likely N-dealkylation sites (tertiary alicyclic amines) is 1. The van der Waals surface area contributed by atoms with Crippen molar-refractivity contribution in [3.8, 4) is 0 Å². The number of nitrogens with one attached hydrogen (secondary N) is 2. The predicted octanol–water partition coefficient (Wildman–Crippen LogP) is 5.57. The number of hydrogen-bond acceptors (Lipinski definition) is 7. The lowest BCUT2D eigenvalue weighted by molar-refractivity contribution is -0.111. The van der Waals surface area contributed by atoms with Gasteiger partial charge in [0.25, 0.3) is 0 Å². The molecule has 0 unspecified atom stereocenters. The number of anilines is 3. The maximum absolute atomic E-state index is 11.7.